The summed E-state index contributed by atoms with van der Waals surface area (Å²) in [5.74, 6) is 0.0154. The monoisotopic (exact) mass is 442 g/mol. The Morgan fingerprint density at radius 2 is 1.76 bits per heavy atom. The number of amides is 2. The molecule has 4 aromatic rings. The van der Waals surface area contributed by atoms with Crippen LogP contribution in [-0.2, 0) is 6.54 Å². The van der Waals surface area contributed by atoms with Crippen LogP contribution in [0.5, 0.6) is 0 Å². The Balaban J connectivity index is 1.44. The summed E-state index contributed by atoms with van der Waals surface area (Å²) in [6, 6.07) is 20.6. The molecule has 0 bridgehead atoms. The van der Waals surface area contributed by atoms with Crippen molar-refractivity contribution in [2.24, 2.45) is 0 Å². The smallest absolute Gasteiger partial charge is 0.272 e. The molecule has 1 saturated heterocycles. The summed E-state index contributed by atoms with van der Waals surface area (Å²) in [7, 11) is 0. The second-order valence-electron chi connectivity index (χ2n) is 8.11. The Morgan fingerprint density at radius 3 is 2.55 bits per heavy atom. The lowest BCUT2D eigenvalue weighted by Gasteiger charge is -2.24. The normalized spacial score (nSPS) is 15.7. The maximum Gasteiger partial charge on any atom is 0.272 e. The van der Waals surface area contributed by atoms with Crippen molar-refractivity contribution in [2.75, 3.05) is 6.54 Å². The highest BCUT2D eigenvalue weighted by atomic mass is 19.1. The zero-order chi connectivity index (χ0) is 22.8. The van der Waals surface area contributed by atoms with Gasteiger partial charge >= 0.3 is 0 Å². The Morgan fingerprint density at radius 1 is 1.00 bits per heavy atom. The van der Waals surface area contributed by atoms with E-state index in [0.29, 0.717) is 29.1 Å². The first-order chi connectivity index (χ1) is 16.1. The molecule has 2 aromatic heterocycles. The lowest BCUT2D eigenvalue weighted by molar-refractivity contribution is 0.0729. The third-order valence-corrected chi connectivity index (χ3v) is 5.99. The summed E-state index contributed by atoms with van der Waals surface area (Å²) >= 11 is 0. The molecule has 1 atom stereocenters. The molecule has 6 nitrogen and oxygen atoms in total. The number of carbonyl (C=O) groups is 2. The number of nitrogens with one attached hydrogen (secondary N) is 1. The molecule has 3 heterocycles. The minimum absolute atomic E-state index is 0.0342. The van der Waals surface area contributed by atoms with Crippen LogP contribution in [0.2, 0.25) is 0 Å². The summed E-state index contributed by atoms with van der Waals surface area (Å²) < 4.78 is 15.0. The molecule has 33 heavy (non-hydrogen) atoms. The molecule has 0 radical (unpaired) electrons. The quantitative estimate of drug-likeness (QED) is 0.499. The SMILES string of the molecule is O=C(NCc1ccc(F)cc1)c1nc([C@H]2CCCN2C(=O)c2ccccc2)n2ccccc12. The van der Waals surface area contributed by atoms with E-state index in [1.54, 1.807) is 12.1 Å². The standard InChI is InChI=1S/C26H23FN4O2/c27-20-13-11-18(12-14-20)17-28-25(32)23-21-9-4-5-15-30(21)24(29-23)22-10-6-16-31(22)26(33)19-7-2-1-3-8-19/h1-5,7-9,11-15,22H,6,10,16-17H2,(H,28,32)/t22-/m1/s1. The highest BCUT2D eigenvalue weighted by molar-refractivity contribution is 5.99. The largest absolute Gasteiger partial charge is 0.347 e. The topological polar surface area (TPSA) is 66.7 Å². The average molecular weight is 442 g/mol. The van der Waals surface area contributed by atoms with Crippen LogP contribution in [0.25, 0.3) is 5.52 Å². The highest BCUT2D eigenvalue weighted by Gasteiger charge is 2.34. The average Bonchev–Trinajstić information content (AvgIpc) is 3.48. The minimum Gasteiger partial charge on any atom is -0.347 e. The van der Waals surface area contributed by atoms with E-state index in [1.807, 2.05) is 64.0 Å². The first-order valence-corrected chi connectivity index (χ1v) is 11.0. The Hall–Kier alpha value is -4.00. The summed E-state index contributed by atoms with van der Waals surface area (Å²) in [6.07, 6.45) is 3.53. The van der Waals surface area contributed by atoms with Crippen LogP contribution in [0.3, 0.4) is 0 Å². The van der Waals surface area contributed by atoms with Crippen LogP contribution < -0.4 is 5.32 Å². The maximum absolute atomic E-state index is 13.2. The number of rotatable bonds is 5. The fraction of sp³-hybridized carbons (Fsp3) is 0.192. The van der Waals surface area contributed by atoms with Crippen molar-refractivity contribution >= 4 is 17.3 Å². The van der Waals surface area contributed by atoms with E-state index in [-0.39, 0.29) is 30.2 Å². The molecular formula is C26H23FN4O2. The van der Waals surface area contributed by atoms with Crippen molar-refractivity contribution in [1.82, 2.24) is 19.6 Å². The van der Waals surface area contributed by atoms with Gasteiger partial charge in [-0.05, 0) is 54.8 Å². The van der Waals surface area contributed by atoms with Crippen molar-refractivity contribution in [1.29, 1.82) is 0 Å². The first-order valence-electron chi connectivity index (χ1n) is 11.0. The van der Waals surface area contributed by atoms with Crippen LogP contribution in [0.1, 0.15) is 51.1 Å². The summed E-state index contributed by atoms with van der Waals surface area (Å²) in [5, 5.41) is 2.87. The van der Waals surface area contributed by atoms with Crippen molar-refractivity contribution in [3.05, 3.63) is 107 Å². The number of hydrogen-bond donors (Lipinski definition) is 1. The van der Waals surface area contributed by atoms with Gasteiger partial charge in [-0.25, -0.2) is 9.37 Å². The molecule has 1 fully saturated rings. The fourth-order valence-electron chi connectivity index (χ4n) is 4.36. The molecule has 1 aliphatic rings. The van der Waals surface area contributed by atoms with E-state index in [0.717, 1.165) is 18.4 Å². The van der Waals surface area contributed by atoms with Crippen molar-refractivity contribution < 1.29 is 14.0 Å². The van der Waals surface area contributed by atoms with E-state index in [9.17, 15) is 14.0 Å². The van der Waals surface area contributed by atoms with Crippen LogP contribution in [-0.4, -0.2) is 32.6 Å². The zero-order valence-corrected chi connectivity index (χ0v) is 17.9. The predicted molar refractivity (Wildman–Crippen MR) is 122 cm³/mol. The number of fused-ring (bicyclic) bond motifs is 1. The molecule has 0 aliphatic carbocycles. The molecule has 1 aliphatic heterocycles. The van der Waals surface area contributed by atoms with Crippen LogP contribution >= 0.6 is 0 Å². The number of imidazole rings is 1. The number of nitrogens with zero attached hydrogens (tertiary/aromatic N) is 3. The van der Waals surface area contributed by atoms with E-state index < -0.39 is 0 Å². The molecule has 5 rings (SSSR count). The van der Waals surface area contributed by atoms with E-state index in [2.05, 4.69) is 5.32 Å². The van der Waals surface area contributed by atoms with E-state index >= 15 is 0 Å². The van der Waals surface area contributed by atoms with Gasteiger partial charge in [0.25, 0.3) is 11.8 Å². The van der Waals surface area contributed by atoms with E-state index in [1.165, 1.54) is 12.1 Å². The first kappa shape index (κ1) is 20.9. The highest BCUT2D eigenvalue weighted by Crippen LogP contribution is 2.33. The zero-order valence-electron chi connectivity index (χ0n) is 17.9. The third-order valence-electron chi connectivity index (χ3n) is 5.99. The van der Waals surface area contributed by atoms with Crippen LogP contribution in [0.4, 0.5) is 4.39 Å². The van der Waals surface area contributed by atoms with Gasteiger partial charge in [-0.3, -0.25) is 9.59 Å². The molecule has 7 heteroatoms. The summed E-state index contributed by atoms with van der Waals surface area (Å²) in [5.41, 5.74) is 2.43. The van der Waals surface area contributed by atoms with Crippen molar-refractivity contribution in [3.8, 4) is 0 Å². The second kappa shape index (κ2) is 8.86. The molecule has 0 unspecified atom stereocenters. The number of likely N-dealkylation sites (tertiary alicyclic amines) is 1. The molecular weight excluding hydrogens is 419 g/mol. The lowest BCUT2D eigenvalue weighted by Crippen LogP contribution is -2.31. The minimum atomic E-state index is -0.319. The Kier molecular flexibility index (Phi) is 5.60. The predicted octanol–water partition coefficient (Wildman–Crippen LogP) is 4.38. The van der Waals surface area contributed by atoms with Crippen molar-refractivity contribution in [3.63, 3.8) is 0 Å². The Labute approximate surface area is 190 Å². The number of hydrogen-bond acceptors (Lipinski definition) is 3. The number of benzene rings is 2. The maximum atomic E-state index is 13.2. The Bertz CT molecular complexity index is 1300. The van der Waals surface area contributed by atoms with Crippen LogP contribution in [0, 0.1) is 5.82 Å². The van der Waals surface area contributed by atoms with E-state index in [4.69, 9.17) is 4.98 Å². The number of carbonyl (C=O) groups excluding carboxylic acids is 2. The molecule has 0 spiro atoms. The molecule has 2 amide bonds. The van der Waals surface area contributed by atoms with Gasteiger partial charge in [-0.2, -0.15) is 0 Å². The molecule has 1 N–H and O–H groups in total. The van der Waals surface area contributed by atoms with Gasteiger partial charge < -0.3 is 14.6 Å². The van der Waals surface area contributed by atoms with Gasteiger partial charge in [-0.1, -0.05) is 36.4 Å². The van der Waals surface area contributed by atoms with Gasteiger partial charge in [0.2, 0.25) is 0 Å². The third kappa shape index (κ3) is 4.09. The van der Waals surface area contributed by atoms with Gasteiger partial charge in [0, 0.05) is 24.8 Å². The number of aromatic nitrogens is 2. The van der Waals surface area contributed by atoms with Gasteiger partial charge in [-0.15, -0.1) is 0 Å². The summed E-state index contributed by atoms with van der Waals surface area (Å²) in [4.78, 5) is 32.8. The van der Waals surface area contributed by atoms with Gasteiger partial charge in [0.1, 0.15) is 11.6 Å². The number of halogens is 1. The molecule has 2 aromatic carbocycles. The van der Waals surface area contributed by atoms with Gasteiger partial charge in [0.05, 0.1) is 11.6 Å². The number of pyridine rings is 1. The molecule has 166 valence electrons. The lowest BCUT2D eigenvalue weighted by atomic mass is 10.1. The van der Waals surface area contributed by atoms with Crippen LogP contribution in [0.15, 0.2) is 79.0 Å². The summed E-state index contributed by atoms with van der Waals surface area (Å²) in [6.45, 7) is 0.911. The second-order valence-corrected chi connectivity index (χ2v) is 8.11. The van der Waals surface area contributed by atoms with Gasteiger partial charge in [0.15, 0.2) is 5.69 Å². The fourth-order valence-corrected chi connectivity index (χ4v) is 4.36. The van der Waals surface area contributed by atoms with Crippen molar-refractivity contribution in [2.45, 2.75) is 25.4 Å². The molecule has 0 saturated carbocycles.